The number of halogens is 7. The number of benzene rings is 6. The normalized spacial score (nSPS) is 11.2. The van der Waals surface area contributed by atoms with Crippen LogP contribution in [0.3, 0.4) is 0 Å². The SMILES string of the molecule is C#Cc1cccc(CC(=O)c2cc(-n3cnc(C)c3)cc(C(F)(F)F)c2)c1.Cc1cn(-c2cc(C(=O)Cc3cccc(C#Cc4cccc5[nH]nc(N)c45)c3)cc(C(F)(F)F)c2)cn1.Nc1n[nH]c2cccc(I)c12. The molecule has 0 bridgehead atoms. The summed E-state index contributed by atoms with van der Waals surface area (Å²) < 4.78 is 84.7. The number of imidazole rings is 2. The van der Waals surface area contributed by atoms with Gasteiger partial charge in [0.1, 0.15) is 0 Å². The Bertz CT molecular complexity index is 3870. The second kappa shape index (κ2) is 22.0. The summed E-state index contributed by atoms with van der Waals surface area (Å²) in [6.45, 7) is 3.46. The molecule has 75 heavy (non-hydrogen) atoms. The summed E-state index contributed by atoms with van der Waals surface area (Å²) >= 11 is 2.24. The van der Waals surface area contributed by atoms with Gasteiger partial charge in [-0.3, -0.25) is 19.8 Å². The van der Waals surface area contributed by atoms with E-state index in [0.29, 0.717) is 50.8 Å². The number of ketones is 2. The molecule has 0 saturated heterocycles. The van der Waals surface area contributed by atoms with E-state index in [1.807, 2.05) is 36.4 Å². The molecule has 0 amide bonds. The zero-order chi connectivity index (χ0) is 53.6. The molecule has 10 rings (SSSR count). The molecular formula is C56H41F6IN10O2. The number of hydrogen-bond acceptors (Lipinski definition) is 8. The minimum atomic E-state index is -4.60. The summed E-state index contributed by atoms with van der Waals surface area (Å²) in [5, 5.41) is 15.4. The topological polar surface area (TPSA) is 179 Å². The lowest BCUT2D eigenvalue weighted by molar-refractivity contribution is -0.138. The van der Waals surface area contributed by atoms with Gasteiger partial charge in [-0.15, -0.1) is 6.42 Å². The largest absolute Gasteiger partial charge is 0.416 e. The molecule has 0 aliphatic rings. The molecule has 0 aliphatic heterocycles. The number of nitrogens with zero attached hydrogens (tertiary/aromatic N) is 6. The van der Waals surface area contributed by atoms with E-state index in [1.165, 1.54) is 33.9 Å². The monoisotopic (exact) mass is 1130 g/mol. The first-order valence-corrected chi connectivity index (χ1v) is 23.6. The molecule has 10 aromatic rings. The van der Waals surface area contributed by atoms with Crippen LogP contribution in [0.2, 0.25) is 0 Å². The summed E-state index contributed by atoms with van der Waals surface area (Å²) in [7, 11) is 0. The Hall–Kier alpha value is -8.95. The van der Waals surface area contributed by atoms with E-state index in [2.05, 4.69) is 70.7 Å². The van der Waals surface area contributed by atoms with Crippen molar-refractivity contribution in [1.82, 2.24) is 39.5 Å². The number of aromatic nitrogens is 8. The van der Waals surface area contributed by atoms with Gasteiger partial charge >= 0.3 is 12.4 Å². The van der Waals surface area contributed by atoms with E-state index in [4.69, 9.17) is 17.9 Å². The van der Waals surface area contributed by atoms with Gasteiger partial charge in [-0.1, -0.05) is 54.2 Å². The fraction of sp³-hybridized carbons (Fsp3) is 0.107. The third-order valence-corrected chi connectivity index (χ3v) is 12.3. The van der Waals surface area contributed by atoms with Gasteiger partial charge in [0.2, 0.25) is 0 Å². The molecule has 376 valence electrons. The molecular weight excluding hydrogens is 1090 g/mol. The van der Waals surface area contributed by atoms with Crippen LogP contribution in [0.5, 0.6) is 0 Å². The number of Topliss-reactive ketones (excluding diaryl/α,β-unsaturated/α-hetero) is 2. The highest BCUT2D eigenvalue weighted by Gasteiger charge is 2.33. The molecule has 19 heteroatoms. The highest BCUT2D eigenvalue weighted by atomic mass is 127. The summed E-state index contributed by atoms with van der Waals surface area (Å²) in [4.78, 5) is 33.8. The molecule has 0 radical (unpaired) electrons. The average molecular weight is 1130 g/mol. The number of carbonyl (C=O) groups is 2. The van der Waals surface area contributed by atoms with Crippen LogP contribution >= 0.6 is 22.6 Å². The van der Waals surface area contributed by atoms with E-state index >= 15 is 0 Å². The zero-order valence-corrected chi connectivity index (χ0v) is 41.8. The van der Waals surface area contributed by atoms with E-state index < -0.39 is 35.0 Å². The number of hydrogen-bond donors (Lipinski definition) is 4. The van der Waals surface area contributed by atoms with Crippen molar-refractivity contribution < 1.29 is 35.9 Å². The number of fused-ring (bicyclic) bond motifs is 2. The van der Waals surface area contributed by atoms with Crippen molar-refractivity contribution in [1.29, 1.82) is 0 Å². The minimum absolute atomic E-state index is 0.0164. The maximum absolute atomic E-state index is 13.6. The highest BCUT2D eigenvalue weighted by molar-refractivity contribution is 14.1. The average Bonchev–Trinajstić information content (AvgIpc) is 4.21. The number of nitrogens with one attached hydrogen (secondary N) is 2. The van der Waals surface area contributed by atoms with Gasteiger partial charge in [0.25, 0.3) is 0 Å². The molecule has 0 saturated carbocycles. The molecule has 6 aromatic carbocycles. The van der Waals surface area contributed by atoms with Gasteiger partial charge in [0, 0.05) is 68.0 Å². The Balaban J connectivity index is 0.000000170. The van der Waals surface area contributed by atoms with Crippen LogP contribution in [0, 0.1) is 41.6 Å². The second-order valence-electron chi connectivity index (χ2n) is 17.0. The smallest absolute Gasteiger partial charge is 0.382 e. The van der Waals surface area contributed by atoms with Crippen molar-refractivity contribution in [3.05, 3.63) is 211 Å². The first-order chi connectivity index (χ1) is 35.7. The lowest BCUT2D eigenvalue weighted by Crippen LogP contribution is -2.11. The predicted octanol–water partition coefficient (Wildman–Crippen LogP) is 11.8. The summed E-state index contributed by atoms with van der Waals surface area (Å²) in [6, 6.07) is 32.0. The number of aryl methyl sites for hydroxylation is 2. The van der Waals surface area contributed by atoms with E-state index in [1.54, 1.807) is 74.8 Å². The molecule has 4 aromatic heterocycles. The number of nitrogens with two attached hydrogens (primary N) is 2. The summed E-state index contributed by atoms with van der Waals surface area (Å²) in [5.41, 5.74) is 16.5. The van der Waals surface area contributed by atoms with Crippen LogP contribution in [-0.2, 0) is 25.2 Å². The molecule has 0 fully saturated rings. The summed E-state index contributed by atoms with van der Waals surface area (Å²) in [6.07, 6.45) is 2.08. The minimum Gasteiger partial charge on any atom is -0.382 e. The standard InChI is InChI=1S/C28H20F3N5O.C21H15F3N2O.C7H6IN3/c1-17-15-36(16-33-17)23-13-21(12-22(14-23)28(29,30)31)25(37)11-19-5-2-4-18(10-19)8-9-20-6-3-7-24-26(20)27(32)35-34-24;1-3-15-5-4-6-16(7-15)8-20(27)17-9-18(21(22,23)24)11-19(10-17)26-12-14(2)25-13-26;8-4-2-1-3-5-6(4)7(9)11-10-5/h2-7,10,12-16H,11H2,1H3,(H3,32,34,35);1,4-7,9-13H,8H2,2H3;1-3H,(H3,9,10,11). The van der Waals surface area contributed by atoms with Crippen molar-refractivity contribution in [2.45, 2.75) is 39.0 Å². The first-order valence-electron chi connectivity index (χ1n) is 22.5. The Morgan fingerprint density at radius 1 is 0.613 bits per heavy atom. The van der Waals surface area contributed by atoms with Gasteiger partial charge in [-0.2, -0.15) is 36.5 Å². The molecule has 4 heterocycles. The van der Waals surface area contributed by atoms with E-state index in [-0.39, 0.29) is 35.3 Å². The number of aromatic amines is 2. The summed E-state index contributed by atoms with van der Waals surface area (Å²) in [5.74, 6) is 8.69. The lowest BCUT2D eigenvalue weighted by atomic mass is 9.99. The number of carbonyl (C=O) groups excluding carboxylic acids is 2. The number of anilines is 2. The molecule has 0 spiro atoms. The van der Waals surface area contributed by atoms with Gasteiger partial charge in [-0.05, 0) is 132 Å². The predicted molar refractivity (Wildman–Crippen MR) is 283 cm³/mol. The van der Waals surface area contributed by atoms with Crippen molar-refractivity contribution in [3.8, 4) is 35.6 Å². The Labute approximate surface area is 438 Å². The number of alkyl halides is 6. The van der Waals surface area contributed by atoms with E-state index in [9.17, 15) is 35.9 Å². The fourth-order valence-electron chi connectivity index (χ4n) is 7.80. The third-order valence-electron chi connectivity index (χ3n) is 11.4. The second-order valence-corrected chi connectivity index (χ2v) is 18.1. The maximum Gasteiger partial charge on any atom is 0.416 e. The number of rotatable bonds is 8. The van der Waals surface area contributed by atoms with Crippen LogP contribution in [0.15, 0.2) is 146 Å². The number of H-pyrrole nitrogens is 2. The number of nitrogen functional groups attached to an aromatic ring is 2. The molecule has 0 atom stereocenters. The Kier molecular flexibility index (Phi) is 15.4. The lowest BCUT2D eigenvalue weighted by Gasteiger charge is -2.12. The highest BCUT2D eigenvalue weighted by Crippen LogP contribution is 2.34. The van der Waals surface area contributed by atoms with E-state index in [0.717, 1.165) is 49.6 Å². The van der Waals surface area contributed by atoms with Gasteiger partial charge in [-0.25, -0.2) is 9.97 Å². The van der Waals surface area contributed by atoms with Crippen molar-refractivity contribution >= 4 is 67.6 Å². The maximum atomic E-state index is 13.6. The Morgan fingerprint density at radius 3 is 1.56 bits per heavy atom. The van der Waals surface area contributed by atoms with Crippen molar-refractivity contribution in [2.24, 2.45) is 0 Å². The molecule has 0 unspecified atom stereocenters. The van der Waals surface area contributed by atoms with Crippen LogP contribution in [0.25, 0.3) is 33.2 Å². The van der Waals surface area contributed by atoms with Gasteiger partial charge < -0.3 is 20.6 Å². The van der Waals surface area contributed by atoms with Crippen molar-refractivity contribution in [3.63, 3.8) is 0 Å². The van der Waals surface area contributed by atoms with Crippen LogP contribution in [0.4, 0.5) is 38.0 Å². The first kappa shape index (κ1) is 52.4. The van der Waals surface area contributed by atoms with Crippen LogP contribution in [-0.4, -0.2) is 51.1 Å². The molecule has 12 nitrogen and oxygen atoms in total. The van der Waals surface area contributed by atoms with Gasteiger partial charge in [0.05, 0.1) is 57.0 Å². The van der Waals surface area contributed by atoms with Gasteiger partial charge in [0.15, 0.2) is 23.2 Å². The fourth-order valence-corrected chi connectivity index (χ4v) is 8.57. The van der Waals surface area contributed by atoms with Crippen molar-refractivity contribution in [2.75, 3.05) is 11.5 Å². The van der Waals surface area contributed by atoms with Crippen LogP contribution < -0.4 is 11.5 Å². The third kappa shape index (κ3) is 12.8. The Morgan fingerprint density at radius 2 is 1.08 bits per heavy atom. The quantitative estimate of drug-likeness (QED) is 0.0502. The molecule has 6 N–H and O–H groups in total. The molecule has 0 aliphatic carbocycles. The zero-order valence-electron chi connectivity index (χ0n) is 39.6. The number of terminal acetylenes is 1. The van der Waals surface area contributed by atoms with Crippen LogP contribution in [0.1, 0.15) is 71.0 Å².